The van der Waals surface area contributed by atoms with Gasteiger partial charge >= 0.3 is 0 Å². The molecule has 0 saturated heterocycles. The topological polar surface area (TPSA) is 94.5 Å². The lowest BCUT2D eigenvalue weighted by molar-refractivity contribution is 0.263. The van der Waals surface area contributed by atoms with Gasteiger partial charge in [0.25, 0.3) is 0 Å². The Balaban J connectivity index is 2.18. The van der Waals surface area contributed by atoms with Gasteiger partial charge in [-0.1, -0.05) is 0 Å². The van der Waals surface area contributed by atoms with Crippen molar-refractivity contribution in [3.63, 3.8) is 0 Å². The summed E-state index contributed by atoms with van der Waals surface area (Å²) in [6.45, 7) is 0.212. The average molecular weight is 195 g/mol. The summed E-state index contributed by atoms with van der Waals surface area (Å²) in [6.07, 6.45) is 1.38. The predicted octanol–water partition coefficient (Wildman–Crippen LogP) is -1.66. The van der Waals surface area contributed by atoms with Gasteiger partial charge in [-0.2, -0.15) is 9.90 Å². The monoisotopic (exact) mass is 195 g/mol. The van der Waals surface area contributed by atoms with E-state index in [4.69, 9.17) is 5.11 Å². The third-order valence-corrected chi connectivity index (χ3v) is 1.68. The summed E-state index contributed by atoms with van der Waals surface area (Å²) >= 11 is 0. The highest BCUT2D eigenvalue weighted by Crippen LogP contribution is 1.96. The van der Waals surface area contributed by atoms with Crippen molar-refractivity contribution < 1.29 is 5.11 Å². The number of rotatable bonds is 3. The number of aliphatic hydroxyl groups excluding tert-OH is 1. The minimum atomic E-state index is -0.153. The van der Waals surface area contributed by atoms with Crippen LogP contribution in [0.15, 0.2) is 6.33 Å². The Morgan fingerprint density at radius 2 is 2.36 bits per heavy atom. The second-order valence-electron chi connectivity index (χ2n) is 2.69. The summed E-state index contributed by atoms with van der Waals surface area (Å²) in [7, 11) is 1.69. The van der Waals surface area contributed by atoms with Crippen LogP contribution >= 0.6 is 0 Å². The average Bonchev–Trinajstić information content (AvgIpc) is 2.76. The van der Waals surface area contributed by atoms with Crippen LogP contribution in [0.5, 0.6) is 0 Å². The van der Waals surface area contributed by atoms with Crippen LogP contribution in [0.2, 0.25) is 0 Å². The zero-order valence-electron chi connectivity index (χ0n) is 7.57. The summed E-state index contributed by atoms with van der Waals surface area (Å²) < 4.78 is 1.52. The molecular formula is C6H9N7O. The van der Waals surface area contributed by atoms with Crippen LogP contribution in [0.1, 0.15) is 11.6 Å². The van der Waals surface area contributed by atoms with E-state index in [0.717, 1.165) is 0 Å². The zero-order chi connectivity index (χ0) is 9.97. The molecule has 2 aromatic heterocycles. The molecule has 0 radical (unpaired) electrons. The SMILES string of the molecule is Cn1nnc(Cn2ncnc2CO)n1. The lowest BCUT2D eigenvalue weighted by Crippen LogP contribution is -2.08. The van der Waals surface area contributed by atoms with E-state index < -0.39 is 0 Å². The van der Waals surface area contributed by atoms with Gasteiger partial charge in [-0.15, -0.1) is 10.2 Å². The van der Waals surface area contributed by atoms with Crippen LogP contribution in [-0.2, 0) is 20.2 Å². The summed E-state index contributed by atoms with van der Waals surface area (Å²) in [4.78, 5) is 5.22. The van der Waals surface area contributed by atoms with Crippen LogP contribution in [-0.4, -0.2) is 40.1 Å². The van der Waals surface area contributed by atoms with Crippen LogP contribution in [0, 0.1) is 0 Å². The molecular weight excluding hydrogens is 186 g/mol. The third kappa shape index (κ3) is 1.59. The van der Waals surface area contributed by atoms with E-state index in [1.807, 2.05) is 0 Å². The largest absolute Gasteiger partial charge is 0.388 e. The van der Waals surface area contributed by atoms with Crippen LogP contribution < -0.4 is 0 Å². The Morgan fingerprint density at radius 3 is 3.00 bits per heavy atom. The summed E-state index contributed by atoms with van der Waals surface area (Å²) in [6, 6.07) is 0. The highest BCUT2D eigenvalue weighted by Gasteiger charge is 2.06. The molecule has 2 rings (SSSR count). The number of hydrogen-bond acceptors (Lipinski definition) is 6. The van der Waals surface area contributed by atoms with Gasteiger partial charge in [0, 0.05) is 0 Å². The molecule has 8 nitrogen and oxygen atoms in total. The molecule has 0 saturated carbocycles. The predicted molar refractivity (Wildman–Crippen MR) is 43.8 cm³/mol. The number of aryl methyl sites for hydroxylation is 1. The van der Waals surface area contributed by atoms with Gasteiger partial charge in [0.2, 0.25) is 0 Å². The molecule has 0 spiro atoms. The number of aliphatic hydroxyl groups is 1. The Kier molecular flexibility index (Phi) is 2.19. The molecule has 1 N–H and O–H groups in total. The highest BCUT2D eigenvalue weighted by molar-refractivity contribution is 4.86. The maximum atomic E-state index is 8.91. The van der Waals surface area contributed by atoms with E-state index in [1.54, 1.807) is 7.05 Å². The number of hydrogen-bond donors (Lipinski definition) is 1. The van der Waals surface area contributed by atoms with E-state index in [0.29, 0.717) is 18.2 Å². The molecule has 2 heterocycles. The van der Waals surface area contributed by atoms with Crippen molar-refractivity contribution in [2.24, 2.45) is 7.05 Å². The van der Waals surface area contributed by atoms with Crippen molar-refractivity contribution in [3.05, 3.63) is 18.0 Å². The summed E-state index contributed by atoms with van der Waals surface area (Å²) in [5.41, 5.74) is 0. The zero-order valence-corrected chi connectivity index (χ0v) is 7.57. The van der Waals surface area contributed by atoms with Crippen molar-refractivity contribution in [1.29, 1.82) is 0 Å². The lowest BCUT2D eigenvalue weighted by atomic mass is 10.5. The van der Waals surface area contributed by atoms with E-state index in [9.17, 15) is 0 Å². The number of nitrogens with zero attached hydrogens (tertiary/aromatic N) is 7. The minimum Gasteiger partial charge on any atom is -0.388 e. The highest BCUT2D eigenvalue weighted by atomic mass is 16.3. The van der Waals surface area contributed by atoms with Crippen LogP contribution in [0.4, 0.5) is 0 Å². The van der Waals surface area contributed by atoms with Crippen molar-refractivity contribution in [3.8, 4) is 0 Å². The quantitative estimate of drug-likeness (QED) is 0.630. The molecule has 2 aromatic rings. The van der Waals surface area contributed by atoms with Crippen molar-refractivity contribution in [1.82, 2.24) is 35.0 Å². The van der Waals surface area contributed by atoms with E-state index in [-0.39, 0.29) is 6.61 Å². The maximum absolute atomic E-state index is 8.91. The van der Waals surface area contributed by atoms with Gasteiger partial charge in [0.15, 0.2) is 11.6 Å². The summed E-state index contributed by atoms with van der Waals surface area (Å²) in [5.74, 6) is 1.02. The second-order valence-corrected chi connectivity index (χ2v) is 2.69. The third-order valence-electron chi connectivity index (χ3n) is 1.68. The van der Waals surface area contributed by atoms with Gasteiger partial charge in [-0.3, -0.25) is 0 Å². The number of tetrazole rings is 1. The van der Waals surface area contributed by atoms with Crippen LogP contribution in [0.25, 0.3) is 0 Å². The maximum Gasteiger partial charge on any atom is 0.196 e. The molecule has 0 unspecified atom stereocenters. The first-order chi connectivity index (χ1) is 6.79. The molecule has 74 valence electrons. The molecule has 0 aliphatic carbocycles. The molecule has 0 aromatic carbocycles. The smallest absolute Gasteiger partial charge is 0.196 e. The van der Waals surface area contributed by atoms with E-state index in [2.05, 4.69) is 25.5 Å². The fourth-order valence-corrected chi connectivity index (χ4v) is 1.06. The first-order valence-electron chi connectivity index (χ1n) is 4.00. The molecule has 14 heavy (non-hydrogen) atoms. The molecule has 8 heteroatoms. The molecule has 0 bridgehead atoms. The van der Waals surface area contributed by atoms with Crippen molar-refractivity contribution >= 4 is 0 Å². The summed E-state index contributed by atoms with van der Waals surface area (Å²) in [5, 5.41) is 24.3. The fraction of sp³-hybridized carbons (Fsp3) is 0.500. The molecule has 0 fully saturated rings. The molecule has 0 atom stereocenters. The lowest BCUT2D eigenvalue weighted by Gasteiger charge is -1.98. The molecule has 0 amide bonds. The standard InChI is InChI=1S/C6H9N7O/c1-12-10-5(9-11-12)2-13-6(3-14)7-4-8-13/h4,14H,2-3H2,1H3. The Bertz CT molecular complexity index is 419. The van der Waals surface area contributed by atoms with Crippen molar-refractivity contribution in [2.75, 3.05) is 0 Å². The van der Waals surface area contributed by atoms with E-state index >= 15 is 0 Å². The number of aromatic nitrogens is 7. The Hall–Kier alpha value is -1.83. The first kappa shape index (κ1) is 8.75. The van der Waals surface area contributed by atoms with E-state index in [1.165, 1.54) is 15.8 Å². The van der Waals surface area contributed by atoms with Gasteiger partial charge in [0.1, 0.15) is 19.5 Å². The van der Waals surface area contributed by atoms with Gasteiger partial charge < -0.3 is 5.11 Å². The fourth-order valence-electron chi connectivity index (χ4n) is 1.06. The van der Waals surface area contributed by atoms with Crippen LogP contribution in [0.3, 0.4) is 0 Å². The molecule has 0 aliphatic rings. The Labute approximate surface area is 79.2 Å². The first-order valence-corrected chi connectivity index (χ1v) is 4.00. The second kappa shape index (κ2) is 3.50. The Morgan fingerprint density at radius 1 is 1.50 bits per heavy atom. The van der Waals surface area contributed by atoms with Crippen molar-refractivity contribution in [2.45, 2.75) is 13.2 Å². The molecule has 0 aliphatic heterocycles. The van der Waals surface area contributed by atoms with Gasteiger partial charge in [0.05, 0.1) is 7.05 Å². The minimum absolute atomic E-state index is 0.153. The van der Waals surface area contributed by atoms with Gasteiger partial charge in [-0.25, -0.2) is 9.67 Å². The van der Waals surface area contributed by atoms with Gasteiger partial charge in [-0.05, 0) is 5.21 Å². The normalized spacial score (nSPS) is 10.7.